The summed E-state index contributed by atoms with van der Waals surface area (Å²) in [5.41, 5.74) is 1.04. The van der Waals surface area contributed by atoms with Crippen molar-refractivity contribution in [2.75, 3.05) is 20.1 Å². The molecule has 0 aliphatic carbocycles. The van der Waals surface area contributed by atoms with Crippen LogP contribution in [0.4, 0.5) is 0 Å². The summed E-state index contributed by atoms with van der Waals surface area (Å²) in [5.74, 6) is 0.601. The molecule has 26 heavy (non-hydrogen) atoms. The molecule has 7 nitrogen and oxygen atoms in total. The number of halogens is 1. The van der Waals surface area contributed by atoms with Gasteiger partial charge in [0.1, 0.15) is 5.01 Å². The smallest absolute Gasteiger partial charge is 0.240 e. The average Bonchev–Trinajstić information content (AvgIpc) is 2.93. The Kier molecular flexibility index (Phi) is 9.47. The fraction of sp³-hybridized carbons (Fsp3) is 0.375. The molecule has 0 aliphatic rings. The van der Waals surface area contributed by atoms with Crippen LogP contribution in [-0.2, 0) is 16.6 Å². The highest BCUT2D eigenvalue weighted by molar-refractivity contribution is 14.0. The van der Waals surface area contributed by atoms with Crippen molar-refractivity contribution in [2.24, 2.45) is 4.99 Å². The molecular formula is C16H24IN5O2S2. The predicted molar refractivity (Wildman–Crippen MR) is 117 cm³/mol. The lowest BCUT2D eigenvalue weighted by molar-refractivity contribution is 0.580. The van der Waals surface area contributed by atoms with Gasteiger partial charge in [-0.3, -0.25) is 4.99 Å². The summed E-state index contributed by atoms with van der Waals surface area (Å²) in [6.45, 7) is 5.29. The molecule has 0 bridgehead atoms. The van der Waals surface area contributed by atoms with E-state index in [1.807, 2.05) is 13.8 Å². The molecule has 144 valence electrons. The van der Waals surface area contributed by atoms with Crippen molar-refractivity contribution >= 4 is 51.3 Å². The normalized spacial score (nSPS) is 11.7. The number of hydrogen-bond donors (Lipinski definition) is 3. The van der Waals surface area contributed by atoms with Crippen molar-refractivity contribution in [3.05, 3.63) is 45.9 Å². The first-order chi connectivity index (χ1) is 11.9. The van der Waals surface area contributed by atoms with E-state index in [1.54, 1.807) is 48.7 Å². The molecule has 0 amide bonds. The molecule has 0 unspecified atom stereocenters. The zero-order chi connectivity index (χ0) is 18.3. The Bertz CT molecular complexity index is 803. The Labute approximate surface area is 175 Å². The lowest BCUT2D eigenvalue weighted by Crippen LogP contribution is -2.41. The minimum atomic E-state index is -3.48. The van der Waals surface area contributed by atoms with E-state index in [-0.39, 0.29) is 35.4 Å². The van der Waals surface area contributed by atoms with Gasteiger partial charge in [-0.05, 0) is 26.0 Å². The van der Waals surface area contributed by atoms with E-state index >= 15 is 0 Å². The van der Waals surface area contributed by atoms with Crippen LogP contribution in [0.2, 0.25) is 0 Å². The number of thiazole rings is 1. The summed E-state index contributed by atoms with van der Waals surface area (Å²) in [4.78, 5) is 10.0. The Hall–Kier alpha value is -1.24. The van der Waals surface area contributed by atoms with E-state index in [1.165, 1.54) is 4.88 Å². The van der Waals surface area contributed by atoms with Crippen molar-refractivity contribution in [2.45, 2.75) is 25.3 Å². The second-order valence-electron chi connectivity index (χ2n) is 5.31. The molecule has 10 heteroatoms. The monoisotopic (exact) mass is 509 g/mol. The molecule has 1 aromatic heterocycles. The largest absolute Gasteiger partial charge is 0.355 e. The van der Waals surface area contributed by atoms with E-state index < -0.39 is 10.0 Å². The maximum Gasteiger partial charge on any atom is 0.240 e. The van der Waals surface area contributed by atoms with Gasteiger partial charge in [0.2, 0.25) is 10.0 Å². The van der Waals surface area contributed by atoms with Crippen molar-refractivity contribution in [3.63, 3.8) is 0 Å². The molecule has 0 spiro atoms. The van der Waals surface area contributed by atoms with Crippen LogP contribution in [0.25, 0.3) is 0 Å². The van der Waals surface area contributed by atoms with Crippen molar-refractivity contribution < 1.29 is 8.42 Å². The number of aliphatic imine (C=N–C) groups is 1. The fourth-order valence-electron chi connectivity index (χ4n) is 2.04. The van der Waals surface area contributed by atoms with Gasteiger partial charge in [0.25, 0.3) is 0 Å². The fourth-order valence-corrected chi connectivity index (χ4v) is 3.97. The molecule has 0 saturated carbocycles. The topological polar surface area (TPSA) is 95.5 Å². The van der Waals surface area contributed by atoms with Gasteiger partial charge in [-0.1, -0.05) is 18.2 Å². The van der Waals surface area contributed by atoms with Gasteiger partial charge in [-0.2, -0.15) is 0 Å². The third-order valence-electron chi connectivity index (χ3n) is 3.47. The maximum absolute atomic E-state index is 12.1. The number of sulfonamides is 1. The minimum Gasteiger partial charge on any atom is -0.355 e. The number of benzene rings is 1. The first-order valence-electron chi connectivity index (χ1n) is 7.84. The summed E-state index contributed by atoms with van der Waals surface area (Å²) in [6.07, 6.45) is 0. The van der Waals surface area contributed by atoms with E-state index in [2.05, 4.69) is 25.3 Å². The van der Waals surface area contributed by atoms with Gasteiger partial charge in [-0.15, -0.1) is 35.3 Å². The Morgan fingerprint density at radius 2 is 1.85 bits per heavy atom. The Balaban J connectivity index is 0.00000338. The number of aromatic nitrogens is 1. The third kappa shape index (κ3) is 6.82. The van der Waals surface area contributed by atoms with E-state index in [0.717, 1.165) is 10.7 Å². The van der Waals surface area contributed by atoms with Crippen LogP contribution in [0.15, 0.2) is 40.2 Å². The second kappa shape index (κ2) is 10.8. The zero-order valence-electron chi connectivity index (χ0n) is 14.9. The van der Waals surface area contributed by atoms with Gasteiger partial charge in [0.15, 0.2) is 5.96 Å². The summed E-state index contributed by atoms with van der Waals surface area (Å²) in [6, 6.07) is 8.30. The SMILES string of the molecule is CN=C(NCCNS(=O)(=O)c1ccccc1)NCc1nc(C)c(C)s1.I. The molecule has 0 aliphatic heterocycles. The number of rotatable bonds is 7. The number of aryl methyl sites for hydroxylation is 2. The van der Waals surface area contributed by atoms with Crippen LogP contribution in [-0.4, -0.2) is 39.5 Å². The highest BCUT2D eigenvalue weighted by Gasteiger charge is 2.12. The van der Waals surface area contributed by atoms with Gasteiger partial charge in [0, 0.05) is 25.0 Å². The quantitative estimate of drug-likeness (QED) is 0.230. The second-order valence-corrected chi connectivity index (χ2v) is 8.37. The summed E-state index contributed by atoms with van der Waals surface area (Å²) in [5, 5.41) is 7.23. The van der Waals surface area contributed by atoms with E-state index in [4.69, 9.17) is 0 Å². The average molecular weight is 509 g/mol. The van der Waals surface area contributed by atoms with Crippen LogP contribution in [0.5, 0.6) is 0 Å². The van der Waals surface area contributed by atoms with E-state index in [9.17, 15) is 8.42 Å². The summed E-state index contributed by atoms with van der Waals surface area (Å²) < 4.78 is 26.8. The number of nitrogens with zero attached hydrogens (tertiary/aromatic N) is 2. The van der Waals surface area contributed by atoms with Gasteiger partial charge < -0.3 is 10.6 Å². The lowest BCUT2D eigenvalue weighted by atomic mass is 10.4. The molecule has 0 atom stereocenters. The summed E-state index contributed by atoms with van der Waals surface area (Å²) >= 11 is 1.65. The first kappa shape index (κ1) is 22.8. The number of nitrogens with one attached hydrogen (secondary N) is 3. The Morgan fingerprint density at radius 1 is 1.15 bits per heavy atom. The van der Waals surface area contributed by atoms with E-state index in [0.29, 0.717) is 19.0 Å². The molecule has 2 rings (SSSR count). The highest BCUT2D eigenvalue weighted by atomic mass is 127. The minimum absolute atomic E-state index is 0. The molecule has 1 heterocycles. The van der Waals surface area contributed by atoms with Crippen LogP contribution in [0, 0.1) is 13.8 Å². The predicted octanol–water partition coefficient (Wildman–Crippen LogP) is 2.02. The molecule has 3 N–H and O–H groups in total. The Morgan fingerprint density at radius 3 is 2.42 bits per heavy atom. The van der Waals surface area contributed by atoms with Gasteiger partial charge >= 0.3 is 0 Å². The van der Waals surface area contributed by atoms with Crippen LogP contribution in [0.1, 0.15) is 15.6 Å². The van der Waals surface area contributed by atoms with Gasteiger partial charge in [-0.25, -0.2) is 18.1 Å². The van der Waals surface area contributed by atoms with Crippen LogP contribution >= 0.6 is 35.3 Å². The highest BCUT2D eigenvalue weighted by Crippen LogP contribution is 2.15. The maximum atomic E-state index is 12.1. The number of hydrogen-bond acceptors (Lipinski definition) is 5. The molecule has 0 saturated heterocycles. The summed E-state index contributed by atoms with van der Waals surface area (Å²) in [7, 11) is -1.81. The first-order valence-corrected chi connectivity index (χ1v) is 10.1. The molecule has 2 aromatic rings. The third-order valence-corrected chi connectivity index (χ3v) is 6.02. The molecule has 0 fully saturated rings. The zero-order valence-corrected chi connectivity index (χ0v) is 18.9. The van der Waals surface area contributed by atoms with Gasteiger partial charge in [0.05, 0.1) is 17.1 Å². The van der Waals surface area contributed by atoms with Crippen molar-refractivity contribution in [3.8, 4) is 0 Å². The lowest BCUT2D eigenvalue weighted by Gasteiger charge is -2.11. The molecule has 0 radical (unpaired) electrons. The van der Waals surface area contributed by atoms with Crippen LogP contribution in [0.3, 0.4) is 0 Å². The van der Waals surface area contributed by atoms with Crippen molar-refractivity contribution in [1.29, 1.82) is 0 Å². The van der Waals surface area contributed by atoms with Crippen molar-refractivity contribution in [1.82, 2.24) is 20.3 Å². The van der Waals surface area contributed by atoms with Crippen LogP contribution < -0.4 is 15.4 Å². The molecular weight excluding hydrogens is 485 g/mol. The molecule has 1 aromatic carbocycles. The number of guanidine groups is 1. The standard InChI is InChI=1S/C16H23N5O2S2.HI/c1-12-13(2)24-15(21-12)11-19-16(17-3)18-9-10-20-25(22,23)14-7-5-4-6-8-14;/h4-8,20H,9-11H2,1-3H3,(H2,17,18,19);1H.